The number of likely N-dealkylation sites (tertiary alicyclic amines) is 1. The van der Waals surface area contributed by atoms with E-state index in [9.17, 15) is 9.59 Å². The normalized spacial score (nSPS) is 21.0. The Morgan fingerprint density at radius 1 is 1.14 bits per heavy atom. The maximum Gasteiger partial charge on any atom is 0.291 e. The highest BCUT2D eigenvalue weighted by Gasteiger charge is 2.35. The molecular formula is C27H34N6O2. The summed E-state index contributed by atoms with van der Waals surface area (Å²) in [5.74, 6) is 0.103. The van der Waals surface area contributed by atoms with Gasteiger partial charge in [0.05, 0.1) is 11.9 Å². The van der Waals surface area contributed by atoms with Gasteiger partial charge in [-0.2, -0.15) is 0 Å². The molecule has 2 aliphatic heterocycles. The third kappa shape index (κ3) is 4.61. The highest BCUT2D eigenvalue weighted by Crippen LogP contribution is 2.36. The average Bonchev–Trinajstić information content (AvgIpc) is 3.50. The Hall–Kier alpha value is -3.42. The molecule has 2 amide bonds. The molecule has 1 N–H and O–H groups in total. The Morgan fingerprint density at radius 3 is 2.60 bits per heavy atom. The van der Waals surface area contributed by atoms with Crippen molar-refractivity contribution in [1.29, 1.82) is 0 Å². The van der Waals surface area contributed by atoms with Gasteiger partial charge in [0.2, 0.25) is 11.7 Å². The SMILES string of the molecule is CCC(=O)N1CCC(NC(=O)c2nc3c(C)cc(N4CC[C@](C)(c5ccccc5)C4)cn3n2)CC1. The molecule has 3 aromatic rings. The van der Waals surface area contributed by atoms with Gasteiger partial charge in [-0.1, -0.05) is 44.2 Å². The molecule has 8 heteroatoms. The van der Waals surface area contributed by atoms with Crippen molar-refractivity contribution in [2.24, 2.45) is 0 Å². The standard InChI is InChI=1S/C27H34N6O2/c1-4-23(34)31-13-10-21(11-14-31)28-26(35)24-29-25-19(2)16-22(17-33(25)30-24)32-15-12-27(3,18-32)20-8-6-5-7-9-20/h5-9,16-17,21H,4,10-15,18H2,1-3H3,(H,28,35)/t27-/m0/s1. The molecule has 0 unspecified atom stereocenters. The second-order valence-corrected chi connectivity index (χ2v) is 10.2. The van der Waals surface area contributed by atoms with Gasteiger partial charge in [-0.25, -0.2) is 9.50 Å². The first-order valence-electron chi connectivity index (χ1n) is 12.6. The number of amides is 2. The molecule has 2 aliphatic rings. The molecule has 0 saturated carbocycles. The number of benzene rings is 1. The van der Waals surface area contributed by atoms with Gasteiger partial charge in [0.25, 0.3) is 5.91 Å². The Kier molecular flexibility index (Phi) is 6.21. The lowest BCUT2D eigenvalue weighted by molar-refractivity contribution is -0.131. The van der Waals surface area contributed by atoms with E-state index in [2.05, 4.69) is 63.6 Å². The molecule has 0 bridgehead atoms. The summed E-state index contributed by atoms with van der Waals surface area (Å²) in [4.78, 5) is 33.6. The van der Waals surface area contributed by atoms with Crippen LogP contribution in [0.1, 0.15) is 61.3 Å². The lowest BCUT2D eigenvalue weighted by Crippen LogP contribution is -2.46. The highest BCUT2D eigenvalue weighted by molar-refractivity contribution is 5.91. The number of nitrogens with zero attached hydrogens (tertiary/aromatic N) is 5. The van der Waals surface area contributed by atoms with Crippen molar-refractivity contribution in [3.63, 3.8) is 0 Å². The van der Waals surface area contributed by atoms with Gasteiger partial charge >= 0.3 is 0 Å². The molecule has 0 radical (unpaired) electrons. The zero-order valence-corrected chi connectivity index (χ0v) is 20.8. The van der Waals surface area contributed by atoms with E-state index in [4.69, 9.17) is 0 Å². The Morgan fingerprint density at radius 2 is 1.89 bits per heavy atom. The van der Waals surface area contributed by atoms with Crippen LogP contribution in [0.25, 0.3) is 5.65 Å². The van der Waals surface area contributed by atoms with Crippen molar-refractivity contribution in [1.82, 2.24) is 24.8 Å². The summed E-state index contributed by atoms with van der Waals surface area (Å²) in [6, 6.07) is 12.9. The lowest BCUT2D eigenvalue weighted by atomic mass is 9.82. The summed E-state index contributed by atoms with van der Waals surface area (Å²) in [7, 11) is 0. The number of anilines is 1. The molecule has 184 valence electrons. The summed E-state index contributed by atoms with van der Waals surface area (Å²) in [5, 5.41) is 7.59. The van der Waals surface area contributed by atoms with Gasteiger partial charge in [-0.05, 0) is 43.4 Å². The number of fused-ring (bicyclic) bond motifs is 1. The summed E-state index contributed by atoms with van der Waals surface area (Å²) < 4.78 is 1.74. The molecule has 5 rings (SSSR count). The molecule has 8 nitrogen and oxygen atoms in total. The van der Waals surface area contributed by atoms with E-state index in [0.717, 1.165) is 43.6 Å². The Labute approximate surface area is 206 Å². The number of aromatic nitrogens is 3. The van der Waals surface area contributed by atoms with Crippen LogP contribution in [0.5, 0.6) is 0 Å². The summed E-state index contributed by atoms with van der Waals surface area (Å²) in [6.45, 7) is 9.48. The van der Waals surface area contributed by atoms with E-state index in [1.54, 1.807) is 4.52 Å². The first kappa shape index (κ1) is 23.3. The number of nitrogens with one attached hydrogen (secondary N) is 1. The van der Waals surface area contributed by atoms with E-state index in [0.29, 0.717) is 25.2 Å². The molecular weight excluding hydrogens is 440 g/mol. The van der Waals surface area contributed by atoms with E-state index >= 15 is 0 Å². The zero-order valence-electron chi connectivity index (χ0n) is 20.8. The number of rotatable bonds is 5. The molecule has 2 fully saturated rings. The van der Waals surface area contributed by atoms with Gasteiger partial charge in [0.1, 0.15) is 0 Å². The van der Waals surface area contributed by atoms with Gasteiger partial charge in [-0.3, -0.25) is 9.59 Å². The van der Waals surface area contributed by atoms with Crippen LogP contribution < -0.4 is 10.2 Å². The largest absolute Gasteiger partial charge is 0.369 e. The van der Waals surface area contributed by atoms with Crippen LogP contribution in [0.4, 0.5) is 5.69 Å². The van der Waals surface area contributed by atoms with Crippen LogP contribution in [0.3, 0.4) is 0 Å². The van der Waals surface area contributed by atoms with E-state index in [1.807, 2.05) is 24.9 Å². The molecule has 0 aliphatic carbocycles. The second kappa shape index (κ2) is 9.32. The second-order valence-electron chi connectivity index (χ2n) is 10.2. The van der Waals surface area contributed by atoms with Crippen LogP contribution in [0, 0.1) is 6.92 Å². The van der Waals surface area contributed by atoms with Crippen molar-refractivity contribution in [3.8, 4) is 0 Å². The number of aryl methyl sites for hydroxylation is 1. The first-order chi connectivity index (χ1) is 16.9. The molecule has 0 spiro atoms. The number of piperidine rings is 1. The lowest BCUT2D eigenvalue weighted by Gasteiger charge is -2.32. The minimum Gasteiger partial charge on any atom is -0.369 e. The molecule has 2 saturated heterocycles. The topological polar surface area (TPSA) is 82.8 Å². The van der Waals surface area contributed by atoms with Crippen LogP contribution in [-0.4, -0.2) is 63.5 Å². The van der Waals surface area contributed by atoms with Crippen LogP contribution >= 0.6 is 0 Å². The highest BCUT2D eigenvalue weighted by atomic mass is 16.2. The van der Waals surface area contributed by atoms with E-state index in [-0.39, 0.29) is 29.1 Å². The fraction of sp³-hybridized carbons (Fsp3) is 0.481. The summed E-state index contributed by atoms with van der Waals surface area (Å²) in [6.07, 6.45) is 5.10. The van der Waals surface area contributed by atoms with Crippen molar-refractivity contribution < 1.29 is 9.59 Å². The van der Waals surface area contributed by atoms with Gasteiger partial charge < -0.3 is 15.1 Å². The molecule has 35 heavy (non-hydrogen) atoms. The number of carbonyl (C=O) groups excluding carboxylic acids is 2. The maximum absolute atomic E-state index is 12.9. The molecule has 1 aromatic carbocycles. The van der Waals surface area contributed by atoms with Gasteiger partial charge in [0, 0.05) is 44.1 Å². The van der Waals surface area contributed by atoms with Crippen LogP contribution in [0.2, 0.25) is 0 Å². The molecule has 4 heterocycles. The fourth-order valence-corrected chi connectivity index (χ4v) is 5.40. The predicted octanol–water partition coefficient (Wildman–Crippen LogP) is 3.34. The smallest absolute Gasteiger partial charge is 0.291 e. The van der Waals surface area contributed by atoms with Crippen molar-refractivity contribution in [2.45, 2.75) is 57.9 Å². The fourth-order valence-electron chi connectivity index (χ4n) is 5.40. The Bertz CT molecular complexity index is 1230. The summed E-state index contributed by atoms with van der Waals surface area (Å²) in [5.41, 5.74) is 4.26. The third-order valence-corrected chi connectivity index (χ3v) is 7.60. The summed E-state index contributed by atoms with van der Waals surface area (Å²) >= 11 is 0. The first-order valence-corrected chi connectivity index (χ1v) is 12.6. The van der Waals surface area contributed by atoms with Crippen molar-refractivity contribution in [2.75, 3.05) is 31.1 Å². The minimum atomic E-state index is -0.257. The van der Waals surface area contributed by atoms with Gasteiger partial charge in [0.15, 0.2) is 5.65 Å². The quantitative estimate of drug-likeness (QED) is 0.613. The van der Waals surface area contributed by atoms with E-state index in [1.165, 1.54) is 5.56 Å². The maximum atomic E-state index is 12.9. The van der Waals surface area contributed by atoms with E-state index < -0.39 is 0 Å². The zero-order chi connectivity index (χ0) is 24.6. The number of hydrogen-bond acceptors (Lipinski definition) is 5. The van der Waals surface area contributed by atoms with Crippen LogP contribution in [0.15, 0.2) is 42.6 Å². The number of carbonyl (C=O) groups is 2. The van der Waals surface area contributed by atoms with Crippen molar-refractivity contribution in [3.05, 3.63) is 59.5 Å². The van der Waals surface area contributed by atoms with Crippen molar-refractivity contribution >= 4 is 23.1 Å². The monoisotopic (exact) mass is 474 g/mol. The third-order valence-electron chi connectivity index (χ3n) is 7.60. The van der Waals surface area contributed by atoms with Gasteiger partial charge in [-0.15, -0.1) is 5.10 Å². The predicted molar refractivity (Wildman–Crippen MR) is 136 cm³/mol. The molecule has 2 aromatic heterocycles. The average molecular weight is 475 g/mol. The van der Waals surface area contributed by atoms with Crippen LogP contribution in [-0.2, 0) is 10.2 Å². The minimum absolute atomic E-state index is 0.0342. The Balaban J connectivity index is 1.28. The number of pyridine rings is 1. The molecule has 1 atom stereocenters. The number of hydrogen-bond donors (Lipinski definition) is 1.